The Morgan fingerprint density at radius 2 is 1.25 bits per heavy atom. The summed E-state index contributed by atoms with van der Waals surface area (Å²) >= 11 is 0. The van der Waals surface area contributed by atoms with Gasteiger partial charge in [0.05, 0.1) is 0 Å². The van der Waals surface area contributed by atoms with E-state index in [0.717, 1.165) is 0 Å². The molecule has 0 fully saturated rings. The fourth-order valence-electron chi connectivity index (χ4n) is 0.992. The van der Waals surface area contributed by atoms with Gasteiger partial charge in [0, 0.05) is 12.8 Å². The van der Waals surface area contributed by atoms with Gasteiger partial charge in [-0.25, -0.2) is 0 Å². The van der Waals surface area contributed by atoms with Gasteiger partial charge in [-0.05, 0) is 0 Å². The highest BCUT2D eigenvalue weighted by molar-refractivity contribution is 6.15. The van der Waals surface area contributed by atoms with E-state index in [1.54, 1.807) is 12.1 Å². The molecule has 4 nitrogen and oxygen atoms in total. The summed E-state index contributed by atoms with van der Waals surface area (Å²) in [5, 5.41) is 16.9. The summed E-state index contributed by atoms with van der Waals surface area (Å²) in [6, 6.07) is 3.14. The Balaban J connectivity index is 3.30. The van der Waals surface area contributed by atoms with Gasteiger partial charge in [-0.1, -0.05) is 0 Å². The summed E-state index contributed by atoms with van der Waals surface area (Å²) in [5.74, 6) is -0.817. The number of nitrogens with zero attached hydrogens (tertiary/aromatic N) is 2. The second kappa shape index (κ2) is 2.98. The minimum absolute atomic E-state index is 0.0485. The lowest BCUT2D eigenvalue weighted by atomic mass is 9.91. The monoisotopic (exact) mass is 160 g/mol. The Bertz CT molecular complexity index is 329. The zero-order valence-electron chi connectivity index (χ0n) is 6.13. The van der Waals surface area contributed by atoms with E-state index in [-0.39, 0.29) is 24.0 Å². The Morgan fingerprint density at radius 3 is 1.50 bits per heavy atom. The van der Waals surface area contributed by atoms with Crippen molar-refractivity contribution in [1.29, 1.82) is 10.5 Å². The van der Waals surface area contributed by atoms with E-state index in [1.165, 1.54) is 0 Å². The first kappa shape index (κ1) is 8.16. The van der Waals surface area contributed by atoms with Gasteiger partial charge in [0.25, 0.3) is 0 Å². The van der Waals surface area contributed by atoms with E-state index in [1.807, 2.05) is 0 Å². The zero-order chi connectivity index (χ0) is 9.14. The van der Waals surface area contributed by atoms with E-state index < -0.39 is 11.6 Å². The quantitative estimate of drug-likeness (QED) is 0.509. The Morgan fingerprint density at radius 1 is 0.917 bits per heavy atom. The summed E-state index contributed by atoms with van der Waals surface area (Å²) in [5.41, 5.74) is -0.567. The molecule has 1 aliphatic carbocycles. The molecule has 0 spiro atoms. The average Bonchev–Trinajstić information content (AvgIpc) is 2.08. The highest BCUT2D eigenvalue weighted by atomic mass is 16.1. The highest BCUT2D eigenvalue weighted by Gasteiger charge is 2.26. The average molecular weight is 160 g/mol. The molecule has 4 heteroatoms. The van der Waals surface area contributed by atoms with Crippen LogP contribution in [0.5, 0.6) is 0 Å². The summed E-state index contributed by atoms with van der Waals surface area (Å²) in [7, 11) is 0. The molecule has 1 aliphatic rings. The van der Waals surface area contributed by atoms with E-state index in [0.29, 0.717) is 0 Å². The molecule has 0 atom stereocenters. The van der Waals surface area contributed by atoms with Crippen LogP contribution in [0.3, 0.4) is 0 Å². The third-order valence-corrected chi connectivity index (χ3v) is 1.61. The maximum absolute atomic E-state index is 11.0. The number of nitriles is 2. The van der Waals surface area contributed by atoms with Gasteiger partial charge in [0.1, 0.15) is 23.3 Å². The van der Waals surface area contributed by atoms with E-state index >= 15 is 0 Å². The van der Waals surface area contributed by atoms with Crippen molar-refractivity contribution in [2.75, 3.05) is 0 Å². The lowest BCUT2D eigenvalue weighted by Crippen LogP contribution is -2.17. The van der Waals surface area contributed by atoms with Crippen LogP contribution in [0.4, 0.5) is 0 Å². The van der Waals surface area contributed by atoms with Gasteiger partial charge in [0.2, 0.25) is 0 Å². The van der Waals surface area contributed by atoms with Crippen molar-refractivity contribution in [1.82, 2.24) is 0 Å². The number of carbonyl (C=O) groups is 2. The van der Waals surface area contributed by atoms with Crippen molar-refractivity contribution in [2.45, 2.75) is 12.8 Å². The molecule has 0 bridgehead atoms. The molecule has 0 radical (unpaired) electrons. The molecule has 58 valence electrons. The summed E-state index contributed by atoms with van der Waals surface area (Å²) in [6.45, 7) is 0. The molecule has 12 heavy (non-hydrogen) atoms. The van der Waals surface area contributed by atoms with Crippen LogP contribution in [0.2, 0.25) is 0 Å². The van der Waals surface area contributed by atoms with Gasteiger partial charge in [-0.2, -0.15) is 10.5 Å². The minimum Gasteiger partial charge on any atom is -0.293 e. The number of ketones is 2. The fraction of sp³-hybridized carbons (Fsp3) is 0.250. The van der Waals surface area contributed by atoms with Gasteiger partial charge < -0.3 is 0 Å². The smallest absolute Gasteiger partial charge is 0.175 e. The normalized spacial score (nSPS) is 17.2. The predicted octanol–water partition coefficient (Wildman–Crippen LogP) is 0.262. The van der Waals surface area contributed by atoms with Crippen molar-refractivity contribution >= 4 is 11.6 Å². The van der Waals surface area contributed by atoms with E-state index in [4.69, 9.17) is 10.5 Å². The van der Waals surface area contributed by atoms with E-state index in [2.05, 4.69) is 0 Å². The molecule has 1 rings (SSSR count). The molecule has 0 saturated carbocycles. The lowest BCUT2D eigenvalue weighted by Gasteiger charge is -2.06. The Labute approximate surface area is 68.7 Å². The summed E-state index contributed by atoms with van der Waals surface area (Å²) < 4.78 is 0. The van der Waals surface area contributed by atoms with Crippen LogP contribution >= 0.6 is 0 Å². The first-order chi connectivity index (χ1) is 5.70. The summed E-state index contributed by atoms with van der Waals surface area (Å²) in [6.07, 6.45) is 0.0970. The first-order valence-corrected chi connectivity index (χ1v) is 3.31. The minimum atomic E-state index is -0.409. The van der Waals surface area contributed by atoms with Gasteiger partial charge >= 0.3 is 0 Å². The lowest BCUT2D eigenvalue weighted by molar-refractivity contribution is -0.121. The van der Waals surface area contributed by atoms with Crippen molar-refractivity contribution in [3.05, 3.63) is 11.1 Å². The number of hydrogen-bond donors (Lipinski definition) is 0. The first-order valence-electron chi connectivity index (χ1n) is 3.31. The van der Waals surface area contributed by atoms with Crippen molar-refractivity contribution < 1.29 is 9.59 Å². The number of hydrogen-bond acceptors (Lipinski definition) is 4. The predicted molar refractivity (Wildman–Crippen MR) is 37.5 cm³/mol. The molecular weight excluding hydrogens is 156 g/mol. The largest absolute Gasteiger partial charge is 0.293 e. The molecule has 0 unspecified atom stereocenters. The molecular formula is C8H4N2O2. The van der Waals surface area contributed by atoms with Gasteiger partial charge in [-0.15, -0.1) is 0 Å². The van der Waals surface area contributed by atoms with Crippen LogP contribution in [-0.2, 0) is 9.59 Å². The van der Waals surface area contributed by atoms with Gasteiger partial charge in [-0.3, -0.25) is 9.59 Å². The maximum Gasteiger partial charge on any atom is 0.175 e. The number of Topliss-reactive ketones (excluding diaryl/α,β-unsaturated/α-hetero) is 2. The molecule has 0 aliphatic heterocycles. The molecule has 0 aromatic rings. The Hall–Kier alpha value is -1.94. The van der Waals surface area contributed by atoms with E-state index in [9.17, 15) is 9.59 Å². The molecule has 0 N–H and O–H groups in total. The standard InChI is InChI=1S/C8H4N2O2/c9-3-5-6(4-10)8(12)2-1-7(5)11/h1-2H2. The number of carbonyl (C=O) groups excluding carboxylic acids is 2. The van der Waals surface area contributed by atoms with Crippen LogP contribution in [0.25, 0.3) is 0 Å². The number of rotatable bonds is 0. The second-order valence-electron chi connectivity index (χ2n) is 2.32. The van der Waals surface area contributed by atoms with Crippen LogP contribution in [0.1, 0.15) is 12.8 Å². The van der Waals surface area contributed by atoms with Crippen LogP contribution in [0.15, 0.2) is 11.1 Å². The van der Waals surface area contributed by atoms with Crippen molar-refractivity contribution in [3.8, 4) is 12.1 Å². The maximum atomic E-state index is 11.0. The van der Waals surface area contributed by atoms with Gasteiger partial charge in [0.15, 0.2) is 11.6 Å². The SMILES string of the molecule is N#CC1=C(C#N)C(=O)CCC1=O. The van der Waals surface area contributed by atoms with Crippen LogP contribution < -0.4 is 0 Å². The highest BCUT2D eigenvalue weighted by Crippen LogP contribution is 2.17. The summed E-state index contributed by atoms with van der Waals surface area (Å²) in [4.78, 5) is 21.9. The van der Waals surface area contributed by atoms with Crippen molar-refractivity contribution in [3.63, 3.8) is 0 Å². The zero-order valence-corrected chi connectivity index (χ0v) is 6.13. The Kier molecular flexibility index (Phi) is 2.02. The fourth-order valence-corrected chi connectivity index (χ4v) is 0.992. The number of allylic oxidation sites excluding steroid dienone is 2. The molecule has 0 amide bonds. The molecule has 0 heterocycles. The topological polar surface area (TPSA) is 81.7 Å². The molecule has 0 aromatic carbocycles. The molecule has 0 saturated heterocycles. The molecule has 0 aromatic heterocycles. The second-order valence-corrected chi connectivity index (χ2v) is 2.32. The van der Waals surface area contributed by atoms with Crippen LogP contribution in [-0.4, -0.2) is 11.6 Å². The van der Waals surface area contributed by atoms with Crippen molar-refractivity contribution in [2.24, 2.45) is 0 Å². The van der Waals surface area contributed by atoms with Crippen LogP contribution in [0, 0.1) is 22.7 Å². The third-order valence-electron chi connectivity index (χ3n) is 1.61. The third kappa shape index (κ3) is 1.11.